The summed E-state index contributed by atoms with van der Waals surface area (Å²) in [5, 5.41) is 8.96. The third kappa shape index (κ3) is 2.48. The maximum Gasteiger partial charge on any atom is 0.210 e. The minimum absolute atomic E-state index is 0.0306. The van der Waals surface area contributed by atoms with E-state index < -0.39 is 0 Å². The van der Waals surface area contributed by atoms with Gasteiger partial charge in [0.2, 0.25) is 6.41 Å². The van der Waals surface area contributed by atoms with Gasteiger partial charge in [0.1, 0.15) is 0 Å². The smallest absolute Gasteiger partial charge is 0.210 e. The summed E-state index contributed by atoms with van der Waals surface area (Å²) < 4.78 is 0. The first-order valence-corrected chi connectivity index (χ1v) is 4.63. The average molecular weight is 171 g/mol. The van der Waals surface area contributed by atoms with Crippen LogP contribution in [0, 0.1) is 5.92 Å². The van der Waals surface area contributed by atoms with E-state index in [1.54, 1.807) is 4.90 Å². The van der Waals surface area contributed by atoms with E-state index in [1.165, 1.54) is 12.8 Å². The lowest BCUT2D eigenvalue weighted by Gasteiger charge is -2.25. The first kappa shape index (κ1) is 9.52. The van der Waals surface area contributed by atoms with Crippen molar-refractivity contribution in [2.45, 2.75) is 32.2 Å². The van der Waals surface area contributed by atoms with Gasteiger partial charge in [-0.1, -0.05) is 6.92 Å². The van der Waals surface area contributed by atoms with Gasteiger partial charge in [0.05, 0.1) is 12.6 Å². The predicted molar refractivity (Wildman–Crippen MR) is 46.7 cm³/mol. The second kappa shape index (κ2) is 4.45. The SMILES string of the molecule is CC[C@@H](CO)N(C=O)CC1CC1. The molecule has 3 nitrogen and oxygen atoms in total. The van der Waals surface area contributed by atoms with Crippen LogP contribution in [-0.4, -0.2) is 35.6 Å². The van der Waals surface area contributed by atoms with Crippen LogP contribution < -0.4 is 0 Å². The van der Waals surface area contributed by atoms with Crippen molar-refractivity contribution in [3.63, 3.8) is 0 Å². The Kier molecular flexibility index (Phi) is 3.53. The Bertz CT molecular complexity index is 141. The molecule has 70 valence electrons. The topological polar surface area (TPSA) is 40.5 Å². The number of aliphatic hydroxyl groups is 1. The Labute approximate surface area is 73.4 Å². The van der Waals surface area contributed by atoms with Gasteiger partial charge in [-0.2, -0.15) is 0 Å². The van der Waals surface area contributed by atoms with Crippen molar-refractivity contribution in [2.24, 2.45) is 5.92 Å². The summed E-state index contributed by atoms with van der Waals surface area (Å²) in [7, 11) is 0. The largest absolute Gasteiger partial charge is 0.394 e. The van der Waals surface area contributed by atoms with Gasteiger partial charge in [-0.25, -0.2) is 0 Å². The van der Waals surface area contributed by atoms with Gasteiger partial charge >= 0.3 is 0 Å². The number of hydrogen-bond donors (Lipinski definition) is 1. The van der Waals surface area contributed by atoms with E-state index in [-0.39, 0.29) is 12.6 Å². The van der Waals surface area contributed by atoms with Crippen molar-refractivity contribution >= 4 is 6.41 Å². The molecule has 1 fully saturated rings. The molecule has 0 spiro atoms. The standard InChI is InChI=1S/C9H17NO2/c1-2-9(6-11)10(7-12)5-8-3-4-8/h7-9,11H,2-6H2,1H3/t9-/m0/s1. The molecule has 0 radical (unpaired) electrons. The zero-order valence-corrected chi connectivity index (χ0v) is 7.57. The highest BCUT2D eigenvalue weighted by atomic mass is 16.3. The number of carbonyl (C=O) groups is 1. The summed E-state index contributed by atoms with van der Waals surface area (Å²) in [4.78, 5) is 12.4. The number of hydrogen-bond acceptors (Lipinski definition) is 2. The summed E-state index contributed by atoms with van der Waals surface area (Å²) in [6.45, 7) is 2.91. The molecule has 1 aliphatic carbocycles. The first-order valence-electron chi connectivity index (χ1n) is 4.63. The van der Waals surface area contributed by atoms with Crippen LogP contribution >= 0.6 is 0 Å². The molecule has 1 amide bonds. The molecule has 0 aromatic carbocycles. The molecule has 0 aliphatic heterocycles. The molecule has 0 heterocycles. The number of rotatable bonds is 6. The van der Waals surface area contributed by atoms with E-state index in [2.05, 4.69) is 0 Å². The van der Waals surface area contributed by atoms with Crippen molar-refractivity contribution in [3.8, 4) is 0 Å². The Morgan fingerprint density at radius 1 is 1.67 bits per heavy atom. The number of carbonyl (C=O) groups excluding carboxylic acids is 1. The second-order valence-corrected chi connectivity index (χ2v) is 3.49. The second-order valence-electron chi connectivity index (χ2n) is 3.49. The molecule has 0 bridgehead atoms. The van der Waals surface area contributed by atoms with Crippen molar-refractivity contribution in [2.75, 3.05) is 13.2 Å². The van der Waals surface area contributed by atoms with Gasteiger partial charge in [-0.05, 0) is 25.2 Å². The molecule has 0 aromatic heterocycles. The van der Waals surface area contributed by atoms with E-state index in [4.69, 9.17) is 5.11 Å². The van der Waals surface area contributed by atoms with Crippen molar-refractivity contribution < 1.29 is 9.90 Å². The minimum atomic E-state index is 0.0306. The van der Waals surface area contributed by atoms with Crippen LogP contribution in [0.2, 0.25) is 0 Å². The van der Waals surface area contributed by atoms with Gasteiger partial charge in [-0.15, -0.1) is 0 Å². The molecule has 0 aromatic rings. The van der Waals surface area contributed by atoms with E-state index >= 15 is 0 Å². The molecule has 1 rings (SSSR count). The van der Waals surface area contributed by atoms with E-state index in [0.717, 1.165) is 19.4 Å². The lowest BCUT2D eigenvalue weighted by molar-refractivity contribution is -0.121. The van der Waals surface area contributed by atoms with Gasteiger partial charge in [0.15, 0.2) is 0 Å². The Morgan fingerprint density at radius 3 is 2.67 bits per heavy atom. The third-order valence-electron chi connectivity index (χ3n) is 2.45. The molecular weight excluding hydrogens is 154 g/mol. The van der Waals surface area contributed by atoms with Crippen LogP contribution in [0.3, 0.4) is 0 Å². The molecule has 3 heteroatoms. The van der Waals surface area contributed by atoms with Gasteiger partial charge in [-0.3, -0.25) is 4.79 Å². The average Bonchev–Trinajstić information content (AvgIpc) is 2.88. The van der Waals surface area contributed by atoms with Gasteiger partial charge < -0.3 is 10.0 Å². The molecule has 12 heavy (non-hydrogen) atoms. The third-order valence-corrected chi connectivity index (χ3v) is 2.45. The van der Waals surface area contributed by atoms with Gasteiger partial charge in [0.25, 0.3) is 0 Å². The fraction of sp³-hybridized carbons (Fsp3) is 0.889. The zero-order valence-electron chi connectivity index (χ0n) is 7.57. The van der Waals surface area contributed by atoms with Crippen molar-refractivity contribution in [3.05, 3.63) is 0 Å². The maximum absolute atomic E-state index is 10.6. The van der Waals surface area contributed by atoms with Crippen LogP contribution in [0.1, 0.15) is 26.2 Å². The minimum Gasteiger partial charge on any atom is -0.394 e. The Hall–Kier alpha value is -0.570. The number of aliphatic hydroxyl groups excluding tert-OH is 1. The monoisotopic (exact) mass is 171 g/mol. The summed E-state index contributed by atoms with van der Waals surface area (Å²) >= 11 is 0. The number of amides is 1. The van der Waals surface area contributed by atoms with Crippen molar-refractivity contribution in [1.82, 2.24) is 4.90 Å². The van der Waals surface area contributed by atoms with Crippen LogP contribution in [0.5, 0.6) is 0 Å². The lowest BCUT2D eigenvalue weighted by Crippen LogP contribution is -2.37. The van der Waals surface area contributed by atoms with E-state index in [9.17, 15) is 4.79 Å². The summed E-state index contributed by atoms with van der Waals surface area (Å²) in [6.07, 6.45) is 4.18. The first-order chi connectivity index (χ1) is 5.81. The van der Waals surface area contributed by atoms with Crippen LogP contribution in [-0.2, 0) is 4.79 Å². The summed E-state index contributed by atoms with van der Waals surface area (Å²) in [5.41, 5.74) is 0. The highest BCUT2D eigenvalue weighted by Crippen LogP contribution is 2.29. The highest BCUT2D eigenvalue weighted by molar-refractivity contribution is 5.47. The number of nitrogens with zero attached hydrogens (tertiary/aromatic N) is 1. The quantitative estimate of drug-likeness (QED) is 0.595. The zero-order chi connectivity index (χ0) is 8.97. The molecule has 1 N–H and O–H groups in total. The van der Waals surface area contributed by atoms with Crippen LogP contribution in [0.4, 0.5) is 0 Å². The predicted octanol–water partition coefficient (Wildman–Crippen LogP) is 0.626. The summed E-state index contributed by atoms with van der Waals surface area (Å²) in [5.74, 6) is 0.704. The fourth-order valence-electron chi connectivity index (χ4n) is 1.35. The lowest BCUT2D eigenvalue weighted by atomic mass is 10.2. The molecule has 1 aliphatic rings. The fourth-order valence-corrected chi connectivity index (χ4v) is 1.35. The van der Waals surface area contributed by atoms with E-state index in [0.29, 0.717) is 5.92 Å². The highest BCUT2D eigenvalue weighted by Gasteiger charge is 2.26. The Balaban J connectivity index is 2.34. The Morgan fingerprint density at radius 2 is 2.33 bits per heavy atom. The van der Waals surface area contributed by atoms with Gasteiger partial charge in [0, 0.05) is 6.54 Å². The molecule has 1 atom stereocenters. The van der Waals surface area contributed by atoms with Crippen molar-refractivity contribution in [1.29, 1.82) is 0 Å². The maximum atomic E-state index is 10.6. The molecule has 0 unspecified atom stereocenters. The normalized spacial score (nSPS) is 18.8. The molecular formula is C9H17NO2. The van der Waals surface area contributed by atoms with Crippen LogP contribution in [0.15, 0.2) is 0 Å². The van der Waals surface area contributed by atoms with E-state index in [1.807, 2.05) is 6.92 Å². The van der Waals surface area contributed by atoms with Crippen LogP contribution in [0.25, 0.3) is 0 Å². The summed E-state index contributed by atoms with van der Waals surface area (Å²) in [6, 6.07) is 0.0306. The molecule has 1 saturated carbocycles. The molecule has 0 saturated heterocycles.